The molecule has 1 aromatic heterocycles. The first-order valence-electron chi connectivity index (χ1n) is 12.8. The molecule has 0 saturated carbocycles. The number of nitrogens with one attached hydrogen (secondary N) is 1. The first kappa shape index (κ1) is 25.7. The van der Waals surface area contributed by atoms with Crippen molar-refractivity contribution in [3.63, 3.8) is 0 Å². The molecule has 3 aromatic rings. The topological polar surface area (TPSA) is 65.5 Å². The first-order valence-corrected chi connectivity index (χ1v) is 12.8. The average molecular weight is 487 g/mol. The maximum Gasteiger partial charge on any atom is 0.321 e. The summed E-state index contributed by atoms with van der Waals surface area (Å²) >= 11 is 0. The van der Waals surface area contributed by atoms with E-state index in [1.54, 1.807) is 6.20 Å². The predicted molar refractivity (Wildman–Crippen MR) is 146 cm³/mol. The van der Waals surface area contributed by atoms with Crippen molar-refractivity contribution in [2.75, 3.05) is 11.9 Å². The van der Waals surface area contributed by atoms with E-state index in [1.807, 2.05) is 79.1 Å². The monoisotopic (exact) mass is 486 g/mol. The van der Waals surface area contributed by atoms with Gasteiger partial charge in [0.2, 0.25) is 5.91 Å². The maximum atomic E-state index is 14.0. The summed E-state index contributed by atoms with van der Waals surface area (Å²) in [6.45, 7) is 12.8. The number of nitrogens with zero attached hydrogens (tertiary/aromatic N) is 3. The summed E-state index contributed by atoms with van der Waals surface area (Å²) in [4.78, 5) is 36.0. The molecule has 1 aliphatic rings. The number of aromatic nitrogens is 1. The Morgan fingerprint density at radius 1 is 0.972 bits per heavy atom. The molecule has 0 spiro atoms. The van der Waals surface area contributed by atoms with Gasteiger partial charge >= 0.3 is 6.03 Å². The summed E-state index contributed by atoms with van der Waals surface area (Å²) in [6.07, 6.45) is 3.13. The van der Waals surface area contributed by atoms with Crippen LogP contribution in [0.15, 0.2) is 66.9 Å². The molecule has 190 valence electrons. The Kier molecular flexibility index (Phi) is 7.07. The Balaban J connectivity index is 1.70. The largest absolute Gasteiger partial charge is 0.324 e. The molecule has 3 amide bonds. The molecule has 36 heavy (non-hydrogen) atoms. The van der Waals surface area contributed by atoms with Crippen LogP contribution in [0.4, 0.5) is 10.5 Å². The molecule has 1 fully saturated rings. The van der Waals surface area contributed by atoms with Gasteiger partial charge in [-0.05, 0) is 72.1 Å². The van der Waals surface area contributed by atoms with Gasteiger partial charge in [0.25, 0.3) is 0 Å². The van der Waals surface area contributed by atoms with E-state index in [1.165, 1.54) is 5.56 Å². The normalized spacial score (nSPS) is 17.5. The molecule has 2 atom stereocenters. The van der Waals surface area contributed by atoms with Crippen molar-refractivity contribution in [1.82, 2.24) is 14.8 Å². The number of fused-ring (bicyclic) bond motifs is 1. The third-order valence-electron chi connectivity index (χ3n) is 6.95. The number of benzene rings is 2. The zero-order valence-corrected chi connectivity index (χ0v) is 22.3. The predicted octanol–water partition coefficient (Wildman–Crippen LogP) is 6.13. The summed E-state index contributed by atoms with van der Waals surface area (Å²) in [5, 5.41) is 4.16. The van der Waals surface area contributed by atoms with Crippen molar-refractivity contribution < 1.29 is 9.59 Å². The maximum absolute atomic E-state index is 14.0. The van der Waals surface area contributed by atoms with Crippen LogP contribution in [0, 0.1) is 5.92 Å². The molecule has 2 heterocycles. The van der Waals surface area contributed by atoms with Gasteiger partial charge < -0.3 is 15.1 Å². The molecule has 1 N–H and O–H groups in total. The summed E-state index contributed by atoms with van der Waals surface area (Å²) in [7, 11) is 0. The van der Waals surface area contributed by atoms with Crippen LogP contribution in [0.2, 0.25) is 0 Å². The second-order valence-electron chi connectivity index (χ2n) is 11.7. The smallest absolute Gasteiger partial charge is 0.321 e. The highest BCUT2D eigenvalue weighted by Crippen LogP contribution is 2.36. The standard InChI is InChI=1S/C30H38N4O2/c1-29(2,3)33-20-25(34(28(33)36)30(4,5)6)23(18-17-21-12-8-7-9-13-21)27(35)32-24-16-10-14-22-15-11-19-31-26(22)24/h7-16,19,23,25H,17-18,20H2,1-6H3,(H,32,35). The molecule has 6 nitrogen and oxygen atoms in total. The molecule has 4 rings (SSSR count). The van der Waals surface area contributed by atoms with Crippen molar-refractivity contribution in [3.05, 3.63) is 72.4 Å². The lowest BCUT2D eigenvalue weighted by atomic mass is 9.88. The molecule has 2 unspecified atom stereocenters. The highest BCUT2D eigenvalue weighted by Gasteiger charge is 2.50. The van der Waals surface area contributed by atoms with Crippen LogP contribution in [0.25, 0.3) is 10.9 Å². The van der Waals surface area contributed by atoms with E-state index in [-0.39, 0.29) is 29.4 Å². The van der Waals surface area contributed by atoms with Gasteiger partial charge in [0.05, 0.1) is 23.2 Å². The van der Waals surface area contributed by atoms with E-state index >= 15 is 0 Å². The first-order chi connectivity index (χ1) is 17.0. The third-order valence-corrected chi connectivity index (χ3v) is 6.95. The Morgan fingerprint density at radius 2 is 1.67 bits per heavy atom. The average Bonchev–Trinajstić information content (AvgIpc) is 3.18. The fourth-order valence-electron chi connectivity index (χ4n) is 5.17. The third kappa shape index (κ3) is 5.38. The molecule has 6 heteroatoms. The Labute approximate surface area is 214 Å². The van der Waals surface area contributed by atoms with Gasteiger partial charge in [-0.15, -0.1) is 0 Å². The SMILES string of the molecule is CC(C)(C)N1CC(C(CCc2ccccc2)C(=O)Nc2cccc3cccnc23)N(C(C)(C)C)C1=O. The second-order valence-corrected chi connectivity index (χ2v) is 11.7. The molecule has 1 aliphatic heterocycles. The van der Waals surface area contributed by atoms with Crippen LogP contribution >= 0.6 is 0 Å². The second kappa shape index (κ2) is 9.92. The van der Waals surface area contributed by atoms with Gasteiger partial charge in [-0.3, -0.25) is 9.78 Å². The summed E-state index contributed by atoms with van der Waals surface area (Å²) in [5.41, 5.74) is 1.88. The van der Waals surface area contributed by atoms with Gasteiger partial charge in [-0.2, -0.15) is 0 Å². The summed E-state index contributed by atoms with van der Waals surface area (Å²) < 4.78 is 0. The number of anilines is 1. The van der Waals surface area contributed by atoms with E-state index in [2.05, 4.69) is 43.2 Å². The van der Waals surface area contributed by atoms with E-state index in [0.29, 0.717) is 18.7 Å². The molecule has 1 saturated heterocycles. The number of hydrogen-bond acceptors (Lipinski definition) is 3. The minimum Gasteiger partial charge on any atom is -0.324 e. The van der Waals surface area contributed by atoms with Crippen LogP contribution in [0.1, 0.15) is 53.5 Å². The number of pyridine rings is 1. The molecular formula is C30H38N4O2. The summed E-state index contributed by atoms with van der Waals surface area (Å²) in [5.74, 6) is -0.466. The quantitative estimate of drug-likeness (QED) is 0.456. The minimum absolute atomic E-state index is 0.00987. The van der Waals surface area contributed by atoms with Crippen molar-refractivity contribution in [2.45, 2.75) is 71.5 Å². The number of aryl methyl sites for hydroxylation is 1. The number of rotatable bonds is 6. The lowest BCUT2D eigenvalue weighted by Gasteiger charge is -2.39. The lowest BCUT2D eigenvalue weighted by Crippen LogP contribution is -2.53. The van der Waals surface area contributed by atoms with Crippen molar-refractivity contribution >= 4 is 28.5 Å². The zero-order chi connectivity index (χ0) is 26.1. The Bertz CT molecular complexity index is 1220. The fraction of sp³-hybridized carbons (Fsp3) is 0.433. The molecular weight excluding hydrogens is 448 g/mol. The van der Waals surface area contributed by atoms with Crippen LogP contribution in [0.5, 0.6) is 0 Å². The van der Waals surface area contributed by atoms with Crippen molar-refractivity contribution in [2.24, 2.45) is 5.92 Å². The number of urea groups is 1. The minimum atomic E-state index is -0.423. The van der Waals surface area contributed by atoms with Gasteiger partial charge in [-0.1, -0.05) is 48.5 Å². The number of carbonyl (C=O) groups excluding carboxylic acids is 2. The van der Waals surface area contributed by atoms with Crippen LogP contribution in [-0.2, 0) is 11.2 Å². The van der Waals surface area contributed by atoms with Crippen molar-refractivity contribution in [1.29, 1.82) is 0 Å². The number of para-hydroxylation sites is 1. The van der Waals surface area contributed by atoms with E-state index in [0.717, 1.165) is 17.3 Å². The summed E-state index contributed by atoms with van der Waals surface area (Å²) in [6, 6.07) is 19.7. The van der Waals surface area contributed by atoms with Crippen LogP contribution in [-0.4, -0.2) is 50.4 Å². The molecule has 2 aromatic carbocycles. The molecule has 0 radical (unpaired) electrons. The number of amides is 3. The highest BCUT2D eigenvalue weighted by atomic mass is 16.2. The van der Waals surface area contributed by atoms with E-state index < -0.39 is 5.54 Å². The number of hydrogen-bond donors (Lipinski definition) is 1. The Hall–Kier alpha value is -3.41. The van der Waals surface area contributed by atoms with Crippen LogP contribution < -0.4 is 5.32 Å². The zero-order valence-electron chi connectivity index (χ0n) is 22.3. The van der Waals surface area contributed by atoms with E-state index in [4.69, 9.17) is 0 Å². The molecule has 0 bridgehead atoms. The van der Waals surface area contributed by atoms with Gasteiger partial charge in [0.1, 0.15) is 0 Å². The fourth-order valence-corrected chi connectivity index (χ4v) is 5.17. The van der Waals surface area contributed by atoms with Gasteiger partial charge in [0.15, 0.2) is 0 Å². The lowest BCUT2D eigenvalue weighted by molar-refractivity contribution is -0.122. The highest BCUT2D eigenvalue weighted by molar-refractivity contribution is 6.01. The van der Waals surface area contributed by atoms with E-state index in [9.17, 15) is 9.59 Å². The number of carbonyl (C=O) groups is 2. The van der Waals surface area contributed by atoms with Crippen LogP contribution in [0.3, 0.4) is 0 Å². The Morgan fingerprint density at radius 3 is 2.33 bits per heavy atom. The van der Waals surface area contributed by atoms with Gasteiger partial charge in [-0.25, -0.2) is 4.79 Å². The molecule has 0 aliphatic carbocycles. The van der Waals surface area contributed by atoms with Gasteiger partial charge in [0, 0.05) is 29.2 Å². The van der Waals surface area contributed by atoms with Crippen molar-refractivity contribution in [3.8, 4) is 0 Å².